The van der Waals surface area contributed by atoms with E-state index in [1.54, 1.807) is 38.3 Å². The molecule has 0 amide bonds. The van der Waals surface area contributed by atoms with Crippen molar-refractivity contribution in [3.63, 3.8) is 0 Å². The molecule has 0 spiro atoms. The molecule has 114 heavy (non-hydrogen) atoms. The minimum Gasteiger partial charge on any atom is -0.495 e. The number of piperidine rings is 1. The second-order valence-corrected chi connectivity index (χ2v) is 32.4. The highest BCUT2D eigenvalue weighted by Gasteiger charge is 2.52. The van der Waals surface area contributed by atoms with Crippen LogP contribution in [0.1, 0.15) is 189 Å². The molecule has 4 aliphatic heterocycles. The van der Waals surface area contributed by atoms with Crippen molar-refractivity contribution in [1.82, 2.24) is 35.6 Å². The third-order valence-electron chi connectivity index (χ3n) is 18.8. The van der Waals surface area contributed by atoms with Crippen molar-refractivity contribution in [3.8, 4) is 0 Å². The van der Waals surface area contributed by atoms with Crippen molar-refractivity contribution < 1.29 is 90.6 Å². The smallest absolute Gasteiger partial charge is 0.357 e. The number of thiazole rings is 4. The van der Waals surface area contributed by atoms with Gasteiger partial charge in [0, 0.05) is 32.8 Å². The van der Waals surface area contributed by atoms with Gasteiger partial charge >= 0.3 is 11.9 Å². The number of rotatable bonds is 11. The molecule has 0 saturated carbocycles. The first-order chi connectivity index (χ1) is 53.7. The molecule has 42 heteroatoms. The Morgan fingerprint density at radius 3 is 2.15 bits per heavy atom. The number of hydrogen-bond acceptors (Lipinski definition) is 32. The first-order valence-corrected chi connectivity index (χ1v) is 40.2. The number of allylic oxidation sites excluding steroid dienone is 1. The summed E-state index contributed by atoms with van der Waals surface area (Å²) in [5, 5.41) is 176. The maximum atomic E-state index is 15.1. The fourth-order valence-electron chi connectivity index (χ4n) is 12.1. The Labute approximate surface area is 678 Å². The Bertz CT molecular complexity index is 4990. The van der Waals surface area contributed by atoms with Gasteiger partial charge in [0.25, 0.3) is 0 Å². The first kappa shape index (κ1) is 86.7. The SMILES string of the molecule is C=C(N=C(O)C(=C)N=C(O)c1csc(C2CCC34N=C(O)C(C)N=C(O)C(=C)N=C(O)C(C)N=C(O)C(C(C)C)NC5C=Cc6c(C(C)O)cc(nc6C5O)C(=O)OC(C)C(N=C(S)c5csc(n5)C(C(C)(O)C(C)O)N=C(O)C5CSC(=N5)C(=CC)N=C(O)C(C(C)O)N=C(O)c5csc3n5)c3nc(cs3)C4N2)n1)C(=O)OC. The van der Waals surface area contributed by atoms with Crippen molar-refractivity contribution in [1.29, 1.82) is 0 Å². The number of cyclic esters (lactones) is 1. The predicted molar refractivity (Wildman–Crippen MR) is 441 cm³/mol. The molecular formula is C72H86N18O18S6. The van der Waals surface area contributed by atoms with Gasteiger partial charge in [0.05, 0.1) is 66.7 Å². The van der Waals surface area contributed by atoms with Gasteiger partial charge in [-0.3, -0.25) is 20.6 Å². The Balaban J connectivity index is 1.23. The quantitative estimate of drug-likeness (QED) is 0.0193. The van der Waals surface area contributed by atoms with Crippen LogP contribution in [-0.2, 0) is 19.8 Å². The van der Waals surface area contributed by atoms with Gasteiger partial charge in [0.15, 0.2) is 11.9 Å². The molecule has 10 rings (SSSR count). The summed E-state index contributed by atoms with van der Waals surface area (Å²) >= 11 is 9.90. The molecule has 13 bridgehead atoms. The zero-order valence-electron chi connectivity index (χ0n) is 63.1. The molecule has 5 aromatic heterocycles. The van der Waals surface area contributed by atoms with Crippen LogP contribution in [0.3, 0.4) is 0 Å². The van der Waals surface area contributed by atoms with Gasteiger partial charge in [-0.2, -0.15) is 0 Å². The molecule has 0 aromatic carbocycles. The third-order valence-corrected chi connectivity index (χ3v) is 24.0. The number of aromatic nitrogens is 5. The highest BCUT2D eigenvalue weighted by Crippen LogP contribution is 2.51. The van der Waals surface area contributed by atoms with Crippen LogP contribution in [0.15, 0.2) is 137 Å². The van der Waals surface area contributed by atoms with E-state index in [2.05, 4.69) is 85.0 Å². The van der Waals surface area contributed by atoms with E-state index in [4.69, 9.17) is 47.3 Å². The lowest BCUT2D eigenvalue weighted by Crippen LogP contribution is -2.49. The average Bonchev–Trinajstić information content (AvgIpc) is 1.45. The van der Waals surface area contributed by atoms with Gasteiger partial charge < -0.3 is 81.0 Å². The van der Waals surface area contributed by atoms with E-state index in [-0.39, 0.29) is 99.7 Å². The van der Waals surface area contributed by atoms with E-state index in [0.717, 1.165) is 64.2 Å². The fraction of sp³-hybridized carbons (Fsp3) is 0.444. The molecule has 5 aromatic rings. The van der Waals surface area contributed by atoms with Crippen LogP contribution in [0.25, 0.3) is 6.08 Å². The number of thiol groups is 1. The van der Waals surface area contributed by atoms with Crippen molar-refractivity contribution >= 4 is 151 Å². The minimum atomic E-state index is -2.14. The largest absolute Gasteiger partial charge is 0.495 e. The standard InChI is InChI=1S/C72H86N18O18S6/c1-15-38-64-83-44(23-110-64)60(101)89-53(71(13,106)35(12)93)67-85-46(25-113-67)63(109)88-49-34(11)108-69(105)41-20-37(32(9)91)36-16-17-39(51(94)50(36)79-41)78-47(26(2)3)61(102)76-29(6)55(96)73-27(4)54(95)74-30(7)57(98)90-72(70-86-45(24-114-70)59(100)87-48(33(10)92)62(103)81-38)19-18-40(80-52(72)42-21-112-66(49)82-42)65-84-43(22-111-65)58(99)75-28(5)56(97)77-31(8)68(104)107-14/h15-17,20-22,24-26,29-30,32-35,39-40,44,47-49,51-53,78,80,91-94,106H,4-5,8,18-19,23H2,1-3,6-7,9-14H3,(H,73,96)(H,74,95)(H,75,99)(H,76,102)(H,77,97)(H,81,103)(H,87,100)(H,88,109)(H,89,101)(H,90,98). The van der Waals surface area contributed by atoms with E-state index < -0.39 is 190 Å². The summed E-state index contributed by atoms with van der Waals surface area (Å²) in [6.07, 6.45) is -2.81. The van der Waals surface area contributed by atoms with Crippen LogP contribution >= 0.6 is 69.7 Å². The highest BCUT2D eigenvalue weighted by molar-refractivity contribution is 8.14. The summed E-state index contributed by atoms with van der Waals surface area (Å²) in [6, 6.07) is -11.6. The molecule has 5 aliphatic rings. The topological polar surface area (TPSA) is 560 Å². The third kappa shape index (κ3) is 19.0. The molecule has 17 atom stereocenters. The minimum absolute atomic E-state index is 0.0104. The number of aliphatic hydroxyl groups is 14. The lowest BCUT2D eigenvalue weighted by Gasteiger charge is -2.43. The molecule has 1 saturated heterocycles. The molecular weight excluding hydrogens is 1600 g/mol. The first-order valence-electron chi connectivity index (χ1n) is 35.3. The van der Waals surface area contributed by atoms with Crippen molar-refractivity contribution in [2.45, 2.75) is 184 Å². The highest BCUT2D eigenvalue weighted by atomic mass is 32.2. The molecule has 36 nitrogen and oxygen atoms in total. The number of carbonyl (C=O) groups is 2. The van der Waals surface area contributed by atoms with E-state index in [9.17, 15) is 76.3 Å². The van der Waals surface area contributed by atoms with Gasteiger partial charge in [0.2, 0.25) is 47.2 Å². The number of nitrogens with zero attached hydrogens (tertiary/aromatic N) is 16. The van der Waals surface area contributed by atoms with E-state index >= 15 is 4.79 Å². The van der Waals surface area contributed by atoms with Crippen LogP contribution < -0.4 is 10.6 Å². The zero-order valence-corrected chi connectivity index (χ0v) is 68.1. The van der Waals surface area contributed by atoms with Crippen LogP contribution in [0.5, 0.6) is 0 Å². The normalized spacial score (nSPS) is 27.8. The second kappa shape index (κ2) is 36.0. The Kier molecular flexibility index (Phi) is 27.4. The maximum absolute atomic E-state index is 15.1. The number of aliphatic hydroxyl groups excluding tert-OH is 13. The summed E-state index contributed by atoms with van der Waals surface area (Å²) in [5.74, 6) is -9.35. The molecule has 1 aliphatic carbocycles. The number of carbonyl (C=O) groups excluding carboxylic acids is 2. The lowest BCUT2D eigenvalue weighted by atomic mass is 9.79. The summed E-state index contributed by atoms with van der Waals surface area (Å²) in [6.45, 7) is 25.5. The summed E-state index contributed by atoms with van der Waals surface area (Å²) in [5.41, 5.74) is -5.89. The zero-order chi connectivity index (χ0) is 83.4. The van der Waals surface area contributed by atoms with E-state index in [1.807, 2.05) is 0 Å². The van der Waals surface area contributed by atoms with Crippen LogP contribution in [0, 0.1) is 5.92 Å². The summed E-state index contributed by atoms with van der Waals surface area (Å²) in [7, 11) is 1.08. The predicted octanol–water partition coefficient (Wildman–Crippen LogP) is 8.89. The average molecular weight is 1680 g/mol. The number of esters is 2. The molecule has 1 fully saturated rings. The van der Waals surface area contributed by atoms with Gasteiger partial charge in [-0.15, -0.1) is 69.7 Å². The van der Waals surface area contributed by atoms with E-state index in [1.165, 1.54) is 76.7 Å². The van der Waals surface area contributed by atoms with Gasteiger partial charge in [0.1, 0.15) is 124 Å². The number of nitrogens with one attached hydrogen (secondary N) is 2. The molecule has 608 valence electrons. The Morgan fingerprint density at radius 2 is 1.47 bits per heavy atom. The van der Waals surface area contributed by atoms with Crippen molar-refractivity contribution in [2.75, 3.05) is 12.9 Å². The second-order valence-electron chi connectivity index (χ2n) is 27.5. The maximum Gasteiger partial charge on any atom is 0.357 e. The number of thioether (sulfide) groups is 1. The number of methoxy groups -OCH3 is 1. The number of aliphatic imine (C=N–C) groups is 11. The monoisotopic (exact) mass is 1680 g/mol. The van der Waals surface area contributed by atoms with Crippen molar-refractivity contribution in [3.05, 3.63) is 148 Å². The molecule has 0 radical (unpaired) electrons. The lowest BCUT2D eigenvalue weighted by molar-refractivity contribution is -0.136. The summed E-state index contributed by atoms with van der Waals surface area (Å²) < 4.78 is 11.0. The number of pyridine rings is 1. The van der Waals surface area contributed by atoms with Gasteiger partial charge in [-0.05, 0) is 85.8 Å². The molecule has 9 heterocycles. The molecule has 17 unspecified atom stereocenters. The number of fused-ring (bicyclic) bond motifs is 7. The number of hydrogen-bond donors (Lipinski definition) is 17. The van der Waals surface area contributed by atoms with Gasteiger partial charge in [-0.25, -0.2) is 79.4 Å². The summed E-state index contributed by atoms with van der Waals surface area (Å²) in [4.78, 5) is 99.8. The van der Waals surface area contributed by atoms with Crippen molar-refractivity contribution in [2.24, 2.45) is 60.8 Å². The fourth-order valence-corrected chi connectivity index (χ4v) is 17.3. The van der Waals surface area contributed by atoms with Crippen LogP contribution in [-0.4, -0.2) is 245 Å². The van der Waals surface area contributed by atoms with Gasteiger partial charge in [-0.1, -0.05) is 51.8 Å². The Morgan fingerprint density at radius 1 is 0.781 bits per heavy atom. The van der Waals surface area contributed by atoms with Crippen LogP contribution in [0.4, 0.5) is 0 Å². The Hall–Kier alpha value is -9.70. The van der Waals surface area contributed by atoms with Crippen LogP contribution in [0.2, 0.25) is 0 Å². The van der Waals surface area contributed by atoms with E-state index in [0.29, 0.717) is 0 Å². The number of ether oxygens (including phenoxy) is 2. The molecule has 16 N–H and O–H groups in total.